The van der Waals surface area contributed by atoms with Gasteiger partial charge < -0.3 is 10.1 Å². The van der Waals surface area contributed by atoms with Gasteiger partial charge in [-0.05, 0) is 31.2 Å². The molecular formula is C20H17N5O2. The van der Waals surface area contributed by atoms with Crippen LogP contribution in [0, 0.1) is 6.92 Å². The lowest BCUT2D eigenvalue weighted by atomic mass is 10.2. The third-order valence-electron chi connectivity index (χ3n) is 4.23. The number of nitrogens with zero attached hydrogens (tertiary/aromatic N) is 4. The fourth-order valence-electron chi connectivity index (χ4n) is 2.75. The summed E-state index contributed by atoms with van der Waals surface area (Å²) in [5.41, 5.74) is 2.67. The molecule has 1 N–H and O–H groups in total. The Morgan fingerprint density at radius 3 is 2.52 bits per heavy atom. The maximum atomic E-state index is 12.7. The molecule has 7 heteroatoms. The molecule has 0 radical (unpaired) electrons. The minimum atomic E-state index is -0.260. The summed E-state index contributed by atoms with van der Waals surface area (Å²) in [7, 11) is 1.60. The number of aromatic nitrogens is 4. The number of fused-ring (bicyclic) bond motifs is 1. The molecule has 2 aromatic carbocycles. The first-order chi connectivity index (χ1) is 13.2. The van der Waals surface area contributed by atoms with E-state index in [-0.39, 0.29) is 5.91 Å². The van der Waals surface area contributed by atoms with Gasteiger partial charge in [0.1, 0.15) is 5.75 Å². The standard InChI is InChI=1S/C20H17N5O2/c1-13-17(19(26)22-15-8-10-16(27-2)11-9-15)12-21-20-23-18(24-25(13)20)14-6-4-3-5-7-14/h3-12H,1-2H3,(H,22,26). The maximum absolute atomic E-state index is 12.7. The third-order valence-corrected chi connectivity index (χ3v) is 4.23. The molecule has 0 fully saturated rings. The highest BCUT2D eigenvalue weighted by molar-refractivity contribution is 6.04. The van der Waals surface area contributed by atoms with Crippen LogP contribution >= 0.6 is 0 Å². The average molecular weight is 359 g/mol. The lowest BCUT2D eigenvalue weighted by molar-refractivity contribution is 0.102. The summed E-state index contributed by atoms with van der Waals surface area (Å²) in [6, 6.07) is 16.8. The van der Waals surface area contributed by atoms with Crippen LogP contribution in [0.4, 0.5) is 5.69 Å². The van der Waals surface area contributed by atoms with Gasteiger partial charge in [-0.2, -0.15) is 4.98 Å². The number of benzene rings is 2. The number of carbonyl (C=O) groups is 1. The van der Waals surface area contributed by atoms with E-state index in [0.717, 1.165) is 11.3 Å². The molecule has 0 aliphatic heterocycles. The first-order valence-electron chi connectivity index (χ1n) is 8.39. The molecule has 0 unspecified atom stereocenters. The number of nitrogens with one attached hydrogen (secondary N) is 1. The highest BCUT2D eigenvalue weighted by atomic mass is 16.5. The van der Waals surface area contributed by atoms with Gasteiger partial charge in [-0.1, -0.05) is 30.3 Å². The molecule has 2 heterocycles. The van der Waals surface area contributed by atoms with Crippen LogP contribution < -0.4 is 10.1 Å². The SMILES string of the molecule is COc1ccc(NC(=O)c2cnc3nc(-c4ccccc4)nn3c2C)cc1. The van der Waals surface area contributed by atoms with Gasteiger partial charge in [0.05, 0.1) is 18.4 Å². The molecule has 0 saturated carbocycles. The number of amides is 1. The third kappa shape index (κ3) is 3.22. The summed E-state index contributed by atoms with van der Waals surface area (Å²) >= 11 is 0. The summed E-state index contributed by atoms with van der Waals surface area (Å²) in [5.74, 6) is 1.48. The van der Waals surface area contributed by atoms with Crippen LogP contribution in [-0.4, -0.2) is 32.6 Å². The van der Waals surface area contributed by atoms with Gasteiger partial charge in [0, 0.05) is 17.4 Å². The Hall–Kier alpha value is -3.74. The summed E-state index contributed by atoms with van der Waals surface area (Å²) < 4.78 is 6.71. The van der Waals surface area contributed by atoms with Gasteiger partial charge in [-0.25, -0.2) is 9.50 Å². The molecule has 0 spiro atoms. The minimum Gasteiger partial charge on any atom is -0.497 e. The van der Waals surface area contributed by atoms with Crippen molar-refractivity contribution in [2.24, 2.45) is 0 Å². The van der Waals surface area contributed by atoms with Gasteiger partial charge in [0.25, 0.3) is 11.7 Å². The molecule has 0 aliphatic rings. The van der Waals surface area contributed by atoms with Crippen molar-refractivity contribution in [3.05, 3.63) is 72.1 Å². The summed E-state index contributed by atoms with van der Waals surface area (Å²) in [4.78, 5) is 21.4. The van der Waals surface area contributed by atoms with Crippen molar-refractivity contribution in [2.75, 3.05) is 12.4 Å². The normalized spacial score (nSPS) is 10.7. The van der Waals surface area contributed by atoms with E-state index in [4.69, 9.17) is 4.74 Å². The van der Waals surface area contributed by atoms with E-state index in [1.54, 1.807) is 35.9 Å². The maximum Gasteiger partial charge on any atom is 0.259 e. The largest absolute Gasteiger partial charge is 0.497 e. The molecule has 0 saturated heterocycles. The van der Waals surface area contributed by atoms with E-state index < -0.39 is 0 Å². The summed E-state index contributed by atoms with van der Waals surface area (Å²) in [6.45, 7) is 1.82. The molecule has 134 valence electrons. The summed E-state index contributed by atoms with van der Waals surface area (Å²) in [6.07, 6.45) is 1.52. The number of anilines is 1. The lowest BCUT2D eigenvalue weighted by Gasteiger charge is -2.08. The average Bonchev–Trinajstić information content (AvgIpc) is 3.15. The van der Waals surface area contributed by atoms with E-state index in [9.17, 15) is 4.79 Å². The highest BCUT2D eigenvalue weighted by Crippen LogP contribution is 2.19. The van der Waals surface area contributed by atoms with Gasteiger partial charge in [0.15, 0.2) is 5.82 Å². The number of methoxy groups -OCH3 is 1. The van der Waals surface area contributed by atoms with Crippen molar-refractivity contribution >= 4 is 17.4 Å². The van der Waals surface area contributed by atoms with Crippen LogP contribution in [-0.2, 0) is 0 Å². The molecule has 0 atom stereocenters. The minimum absolute atomic E-state index is 0.260. The van der Waals surface area contributed by atoms with Crippen LogP contribution in [0.15, 0.2) is 60.8 Å². The van der Waals surface area contributed by atoms with E-state index in [2.05, 4.69) is 20.4 Å². The second kappa shape index (κ2) is 6.87. The Bertz CT molecular complexity index is 1100. The van der Waals surface area contributed by atoms with Crippen molar-refractivity contribution in [2.45, 2.75) is 6.92 Å². The van der Waals surface area contributed by atoms with Crippen LogP contribution in [0.3, 0.4) is 0 Å². The summed E-state index contributed by atoms with van der Waals surface area (Å²) in [5, 5.41) is 7.36. The Morgan fingerprint density at radius 1 is 1.07 bits per heavy atom. The first kappa shape index (κ1) is 16.7. The number of hydrogen-bond donors (Lipinski definition) is 1. The number of rotatable bonds is 4. The molecule has 1 amide bonds. The van der Waals surface area contributed by atoms with Crippen molar-refractivity contribution in [3.63, 3.8) is 0 Å². The van der Waals surface area contributed by atoms with E-state index in [1.807, 2.05) is 37.3 Å². The topological polar surface area (TPSA) is 81.4 Å². The number of ether oxygens (including phenoxy) is 1. The highest BCUT2D eigenvalue weighted by Gasteiger charge is 2.16. The van der Waals surface area contributed by atoms with Crippen LogP contribution in [0.2, 0.25) is 0 Å². The Labute approximate surface area is 155 Å². The second-order valence-electron chi connectivity index (χ2n) is 5.95. The fraction of sp³-hybridized carbons (Fsp3) is 0.100. The monoisotopic (exact) mass is 359 g/mol. The quantitative estimate of drug-likeness (QED) is 0.604. The van der Waals surface area contributed by atoms with Crippen molar-refractivity contribution < 1.29 is 9.53 Å². The number of carbonyl (C=O) groups excluding carboxylic acids is 1. The molecule has 4 rings (SSSR count). The van der Waals surface area contributed by atoms with Crippen LogP contribution in [0.5, 0.6) is 5.75 Å². The molecule has 2 aromatic heterocycles. The zero-order valence-electron chi connectivity index (χ0n) is 14.9. The van der Waals surface area contributed by atoms with E-state index >= 15 is 0 Å². The zero-order valence-corrected chi connectivity index (χ0v) is 14.9. The van der Waals surface area contributed by atoms with Gasteiger partial charge >= 0.3 is 0 Å². The predicted molar refractivity (Wildman–Crippen MR) is 102 cm³/mol. The first-order valence-corrected chi connectivity index (χ1v) is 8.39. The van der Waals surface area contributed by atoms with Gasteiger partial charge in [-0.3, -0.25) is 4.79 Å². The molecule has 0 bridgehead atoms. The molecule has 4 aromatic rings. The Balaban J connectivity index is 1.65. The number of hydrogen-bond acceptors (Lipinski definition) is 5. The zero-order chi connectivity index (χ0) is 18.8. The molecule has 7 nitrogen and oxygen atoms in total. The van der Waals surface area contributed by atoms with Crippen LogP contribution in [0.1, 0.15) is 16.1 Å². The molecular weight excluding hydrogens is 342 g/mol. The smallest absolute Gasteiger partial charge is 0.259 e. The molecule has 0 aliphatic carbocycles. The molecule has 27 heavy (non-hydrogen) atoms. The fourth-order valence-corrected chi connectivity index (χ4v) is 2.75. The van der Waals surface area contributed by atoms with Gasteiger partial charge in [0.2, 0.25) is 0 Å². The van der Waals surface area contributed by atoms with E-state index in [0.29, 0.717) is 28.5 Å². The van der Waals surface area contributed by atoms with Crippen molar-refractivity contribution in [3.8, 4) is 17.1 Å². The Morgan fingerprint density at radius 2 is 1.81 bits per heavy atom. The lowest BCUT2D eigenvalue weighted by Crippen LogP contribution is -2.16. The number of aryl methyl sites for hydroxylation is 1. The second-order valence-corrected chi connectivity index (χ2v) is 5.95. The Kier molecular flexibility index (Phi) is 4.25. The van der Waals surface area contributed by atoms with Crippen molar-refractivity contribution in [1.29, 1.82) is 0 Å². The van der Waals surface area contributed by atoms with Crippen molar-refractivity contribution in [1.82, 2.24) is 19.6 Å². The van der Waals surface area contributed by atoms with Crippen LogP contribution in [0.25, 0.3) is 17.2 Å². The predicted octanol–water partition coefficient (Wildman–Crippen LogP) is 3.36. The van der Waals surface area contributed by atoms with Gasteiger partial charge in [-0.15, -0.1) is 5.10 Å². The van der Waals surface area contributed by atoms with E-state index in [1.165, 1.54) is 6.20 Å².